The number of hydrogen-bond acceptors (Lipinski definition) is 4. The highest BCUT2D eigenvalue weighted by molar-refractivity contribution is 6.33. The fraction of sp³-hybridized carbons (Fsp3) is 0.412. The predicted octanol–water partition coefficient (Wildman–Crippen LogP) is 3.08. The molecule has 5 nitrogen and oxygen atoms in total. The Morgan fingerprint density at radius 2 is 2.00 bits per heavy atom. The highest BCUT2D eigenvalue weighted by Gasteiger charge is 2.27. The van der Waals surface area contributed by atoms with E-state index in [2.05, 4.69) is 17.1 Å². The van der Waals surface area contributed by atoms with Crippen LogP contribution in [-0.4, -0.2) is 54.1 Å². The summed E-state index contributed by atoms with van der Waals surface area (Å²) in [4.78, 5) is 17.1. The first kappa shape index (κ1) is 16.0. The molecule has 3 rings (SSSR count). The molecule has 0 aliphatic carbocycles. The summed E-state index contributed by atoms with van der Waals surface area (Å²) in [5.74, 6) is 0.497. The van der Waals surface area contributed by atoms with Crippen molar-refractivity contribution in [3.63, 3.8) is 0 Å². The largest absolute Gasteiger partial charge is 0.360 e. The van der Waals surface area contributed by atoms with E-state index >= 15 is 0 Å². The van der Waals surface area contributed by atoms with Crippen LogP contribution in [0, 0.1) is 6.92 Å². The molecule has 1 aromatic carbocycles. The third-order valence-corrected chi connectivity index (χ3v) is 4.54. The lowest BCUT2D eigenvalue weighted by molar-refractivity contribution is 0.0761. The molecule has 1 fully saturated rings. The van der Waals surface area contributed by atoms with Crippen molar-refractivity contribution >= 4 is 17.5 Å². The van der Waals surface area contributed by atoms with Crippen molar-refractivity contribution in [3.05, 3.63) is 40.6 Å². The maximum Gasteiger partial charge on any atom is 0.259 e. The van der Waals surface area contributed by atoms with Gasteiger partial charge in [0.05, 0.1) is 5.02 Å². The van der Waals surface area contributed by atoms with E-state index in [-0.39, 0.29) is 5.91 Å². The van der Waals surface area contributed by atoms with Gasteiger partial charge in [0.1, 0.15) is 17.0 Å². The van der Waals surface area contributed by atoms with E-state index in [1.807, 2.05) is 23.1 Å². The molecule has 2 aromatic rings. The third kappa shape index (κ3) is 3.26. The van der Waals surface area contributed by atoms with Crippen LogP contribution in [-0.2, 0) is 0 Å². The quantitative estimate of drug-likeness (QED) is 0.847. The second-order valence-electron chi connectivity index (χ2n) is 5.89. The van der Waals surface area contributed by atoms with Gasteiger partial charge in [-0.05, 0) is 33.0 Å². The van der Waals surface area contributed by atoms with Gasteiger partial charge in [-0.25, -0.2) is 0 Å². The van der Waals surface area contributed by atoms with Gasteiger partial charge in [-0.1, -0.05) is 35.0 Å². The molecule has 0 atom stereocenters. The van der Waals surface area contributed by atoms with Crippen LogP contribution in [0.3, 0.4) is 0 Å². The van der Waals surface area contributed by atoms with E-state index in [9.17, 15) is 4.79 Å². The Labute approximate surface area is 140 Å². The van der Waals surface area contributed by atoms with E-state index in [1.54, 1.807) is 13.0 Å². The van der Waals surface area contributed by atoms with Gasteiger partial charge in [-0.3, -0.25) is 4.79 Å². The molecule has 2 heterocycles. The number of rotatable bonds is 2. The first-order chi connectivity index (χ1) is 11.1. The molecule has 1 aromatic heterocycles. The number of carbonyl (C=O) groups excluding carboxylic acids is 1. The standard InChI is InChI=1S/C17H20ClN3O2/c1-12-15(17(22)21-9-5-8-20(2)10-11-21)16(19-23-12)13-6-3-4-7-14(13)18/h3-4,6-7H,5,8-11H2,1-2H3. The average molecular weight is 334 g/mol. The van der Waals surface area contributed by atoms with Gasteiger partial charge in [-0.15, -0.1) is 0 Å². The normalized spacial score (nSPS) is 16.4. The van der Waals surface area contributed by atoms with E-state index < -0.39 is 0 Å². The fourth-order valence-electron chi connectivity index (χ4n) is 2.87. The molecule has 0 spiro atoms. The molecule has 1 aliphatic heterocycles. The van der Waals surface area contributed by atoms with Crippen LogP contribution in [0.5, 0.6) is 0 Å². The number of nitrogens with zero attached hydrogens (tertiary/aromatic N) is 3. The molecule has 23 heavy (non-hydrogen) atoms. The predicted molar refractivity (Wildman–Crippen MR) is 89.7 cm³/mol. The van der Waals surface area contributed by atoms with Crippen molar-refractivity contribution < 1.29 is 9.32 Å². The van der Waals surface area contributed by atoms with Crippen molar-refractivity contribution in [2.75, 3.05) is 33.2 Å². The molecule has 0 N–H and O–H groups in total. The van der Waals surface area contributed by atoms with Crippen LogP contribution < -0.4 is 0 Å². The smallest absolute Gasteiger partial charge is 0.259 e. The molecule has 0 radical (unpaired) electrons. The number of halogens is 1. The Balaban J connectivity index is 1.95. The third-order valence-electron chi connectivity index (χ3n) is 4.21. The Kier molecular flexibility index (Phi) is 4.68. The first-order valence-electron chi connectivity index (χ1n) is 7.77. The zero-order valence-electron chi connectivity index (χ0n) is 13.4. The lowest BCUT2D eigenvalue weighted by Crippen LogP contribution is -2.34. The summed E-state index contributed by atoms with van der Waals surface area (Å²) in [7, 11) is 2.08. The monoisotopic (exact) mass is 333 g/mol. The number of amides is 1. The zero-order chi connectivity index (χ0) is 16.4. The van der Waals surface area contributed by atoms with Crippen LogP contribution in [0.2, 0.25) is 5.02 Å². The summed E-state index contributed by atoms with van der Waals surface area (Å²) in [6, 6.07) is 7.37. The first-order valence-corrected chi connectivity index (χ1v) is 8.14. The van der Waals surface area contributed by atoms with Crippen molar-refractivity contribution in [2.24, 2.45) is 0 Å². The van der Waals surface area contributed by atoms with Crippen molar-refractivity contribution in [1.29, 1.82) is 0 Å². The zero-order valence-corrected chi connectivity index (χ0v) is 14.1. The maximum absolute atomic E-state index is 13.0. The molecule has 1 amide bonds. The van der Waals surface area contributed by atoms with Crippen LogP contribution in [0.1, 0.15) is 22.5 Å². The van der Waals surface area contributed by atoms with Gasteiger partial charge in [0.25, 0.3) is 5.91 Å². The van der Waals surface area contributed by atoms with Gasteiger partial charge in [0, 0.05) is 25.2 Å². The number of aromatic nitrogens is 1. The Morgan fingerprint density at radius 1 is 1.22 bits per heavy atom. The van der Waals surface area contributed by atoms with Gasteiger partial charge < -0.3 is 14.3 Å². The van der Waals surface area contributed by atoms with E-state index in [0.29, 0.717) is 28.6 Å². The molecular weight excluding hydrogens is 314 g/mol. The van der Waals surface area contributed by atoms with Crippen molar-refractivity contribution in [1.82, 2.24) is 15.0 Å². The van der Waals surface area contributed by atoms with Crippen LogP contribution in [0.15, 0.2) is 28.8 Å². The maximum atomic E-state index is 13.0. The second-order valence-corrected chi connectivity index (χ2v) is 6.30. The molecule has 1 aliphatic rings. The topological polar surface area (TPSA) is 49.6 Å². The summed E-state index contributed by atoms with van der Waals surface area (Å²) in [6.07, 6.45) is 0.966. The Hall–Kier alpha value is -1.85. The number of likely N-dealkylation sites (N-methyl/N-ethyl adjacent to an activating group) is 1. The van der Waals surface area contributed by atoms with Gasteiger partial charge in [0.2, 0.25) is 0 Å². The fourth-order valence-corrected chi connectivity index (χ4v) is 3.09. The van der Waals surface area contributed by atoms with Gasteiger partial charge in [0.15, 0.2) is 0 Å². The van der Waals surface area contributed by atoms with E-state index in [4.69, 9.17) is 16.1 Å². The SMILES string of the molecule is Cc1onc(-c2ccccc2Cl)c1C(=O)N1CCCN(C)CC1. The minimum absolute atomic E-state index is 0.0334. The Morgan fingerprint density at radius 3 is 2.78 bits per heavy atom. The minimum atomic E-state index is -0.0334. The molecule has 122 valence electrons. The minimum Gasteiger partial charge on any atom is -0.360 e. The summed E-state index contributed by atoms with van der Waals surface area (Å²) >= 11 is 6.26. The van der Waals surface area contributed by atoms with Crippen molar-refractivity contribution in [3.8, 4) is 11.3 Å². The summed E-state index contributed by atoms with van der Waals surface area (Å²) < 4.78 is 5.30. The number of aryl methyl sites for hydroxylation is 1. The summed E-state index contributed by atoms with van der Waals surface area (Å²) in [5.41, 5.74) is 1.76. The highest BCUT2D eigenvalue weighted by Crippen LogP contribution is 2.31. The van der Waals surface area contributed by atoms with E-state index in [1.165, 1.54) is 0 Å². The van der Waals surface area contributed by atoms with Crippen LogP contribution in [0.4, 0.5) is 0 Å². The van der Waals surface area contributed by atoms with E-state index in [0.717, 1.165) is 31.6 Å². The van der Waals surface area contributed by atoms with Gasteiger partial charge in [-0.2, -0.15) is 0 Å². The van der Waals surface area contributed by atoms with Crippen LogP contribution in [0.25, 0.3) is 11.3 Å². The number of benzene rings is 1. The molecule has 0 unspecified atom stereocenters. The molecule has 6 heteroatoms. The molecule has 1 saturated heterocycles. The second kappa shape index (κ2) is 6.72. The number of carbonyl (C=O) groups is 1. The molecule has 0 bridgehead atoms. The highest BCUT2D eigenvalue weighted by atomic mass is 35.5. The van der Waals surface area contributed by atoms with Crippen LogP contribution >= 0.6 is 11.6 Å². The summed E-state index contributed by atoms with van der Waals surface area (Å²) in [6.45, 7) is 5.10. The molecule has 0 saturated carbocycles. The lowest BCUT2D eigenvalue weighted by atomic mass is 10.0. The lowest BCUT2D eigenvalue weighted by Gasteiger charge is -2.20. The van der Waals surface area contributed by atoms with Crippen molar-refractivity contribution in [2.45, 2.75) is 13.3 Å². The summed E-state index contributed by atoms with van der Waals surface area (Å²) in [5, 5.41) is 4.64. The molecular formula is C17H20ClN3O2. The number of hydrogen-bond donors (Lipinski definition) is 0. The Bertz CT molecular complexity index is 714. The van der Waals surface area contributed by atoms with Gasteiger partial charge >= 0.3 is 0 Å². The average Bonchev–Trinajstić information content (AvgIpc) is 2.77.